The summed E-state index contributed by atoms with van der Waals surface area (Å²) in [4.78, 5) is 0. The normalized spacial score (nSPS) is 25.5. The predicted molar refractivity (Wildman–Crippen MR) is 151 cm³/mol. The van der Waals surface area contributed by atoms with Crippen LogP contribution in [0.1, 0.15) is 65.4 Å². The second-order valence-corrected chi connectivity index (χ2v) is 10.8. The van der Waals surface area contributed by atoms with E-state index in [2.05, 4.69) is 102 Å². The van der Waals surface area contributed by atoms with Gasteiger partial charge in [0.25, 0.3) is 0 Å². The number of aryl methyl sites for hydroxylation is 1. The highest BCUT2D eigenvalue weighted by Crippen LogP contribution is 2.44. The number of ether oxygens (including phenoxy) is 1. The fraction of sp³-hybridized carbons (Fsp3) is 0.235. The summed E-state index contributed by atoms with van der Waals surface area (Å²) in [5.74, 6) is 2.50. The molecule has 0 spiro atoms. The van der Waals surface area contributed by atoms with Crippen molar-refractivity contribution in [3.63, 3.8) is 0 Å². The summed E-state index contributed by atoms with van der Waals surface area (Å²) >= 11 is 0. The highest BCUT2D eigenvalue weighted by Gasteiger charge is 2.35. The third-order valence-electron chi connectivity index (χ3n) is 8.50. The SMILES string of the molecule is C1=CC2c3cc(C4C=C(C5=Cc6c(oc7ccccc67)CC5)NC(c5ccccc5)N4)ccc3OC2CC1. The molecule has 0 saturated heterocycles. The molecule has 0 saturated carbocycles. The molecule has 4 nitrogen and oxygen atoms in total. The minimum absolute atomic E-state index is 0.0106. The number of rotatable bonds is 3. The van der Waals surface area contributed by atoms with Crippen molar-refractivity contribution in [1.29, 1.82) is 0 Å². The highest BCUT2D eigenvalue weighted by molar-refractivity contribution is 5.90. The van der Waals surface area contributed by atoms with Gasteiger partial charge in [-0.2, -0.15) is 0 Å². The monoisotopic (exact) mass is 498 g/mol. The Hall–Kier alpha value is -4.02. The number of benzene rings is 3. The first-order chi connectivity index (χ1) is 18.8. The molecule has 4 atom stereocenters. The first kappa shape index (κ1) is 22.0. The number of furan rings is 1. The van der Waals surface area contributed by atoms with Crippen LogP contribution in [0, 0.1) is 0 Å². The van der Waals surface area contributed by atoms with Gasteiger partial charge in [0.1, 0.15) is 29.4 Å². The van der Waals surface area contributed by atoms with Crippen LogP contribution < -0.4 is 15.4 Å². The standard InChI is InChI=1S/C34H30N2O2/c1-2-8-21(9-3-1)34-35-28(22-14-16-32-26(18-22)24-10-4-6-12-30(24)37-32)20-29(36-34)23-15-17-33-27(19-23)25-11-5-7-13-31(25)38-33/h1-6,8-12,15,17-20,25,29,31,34-36H,7,13-14,16H2. The van der Waals surface area contributed by atoms with E-state index in [1.165, 1.54) is 38.9 Å². The molecule has 4 unspecified atom stereocenters. The quantitative estimate of drug-likeness (QED) is 0.288. The molecule has 38 heavy (non-hydrogen) atoms. The predicted octanol–water partition coefficient (Wildman–Crippen LogP) is 7.47. The molecule has 188 valence electrons. The number of para-hydroxylation sites is 1. The molecule has 4 aromatic rings. The van der Waals surface area contributed by atoms with Gasteiger partial charge in [-0.15, -0.1) is 0 Å². The molecular formula is C34H30N2O2. The molecule has 0 amide bonds. The summed E-state index contributed by atoms with van der Waals surface area (Å²) in [6.07, 6.45) is 13.7. The topological polar surface area (TPSA) is 46.4 Å². The van der Waals surface area contributed by atoms with Crippen LogP contribution in [-0.2, 0) is 6.42 Å². The maximum Gasteiger partial charge on any atom is 0.134 e. The van der Waals surface area contributed by atoms with Crippen molar-refractivity contribution in [3.8, 4) is 5.75 Å². The maximum absolute atomic E-state index is 6.30. The van der Waals surface area contributed by atoms with Gasteiger partial charge in [0, 0.05) is 34.5 Å². The summed E-state index contributed by atoms with van der Waals surface area (Å²) in [5, 5.41) is 8.89. The Bertz CT molecular complexity index is 1630. The van der Waals surface area contributed by atoms with E-state index in [1.807, 2.05) is 6.07 Å². The molecule has 1 aromatic heterocycles. The largest absolute Gasteiger partial charge is 0.489 e. The Kier molecular flexibility index (Phi) is 5.09. The second-order valence-electron chi connectivity index (χ2n) is 10.8. The van der Waals surface area contributed by atoms with Crippen LogP contribution in [-0.4, -0.2) is 6.10 Å². The maximum atomic E-state index is 6.30. The lowest BCUT2D eigenvalue weighted by Gasteiger charge is -2.34. The number of nitrogens with one attached hydrogen (secondary N) is 2. The zero-order valence-electron chi connectivity index (χ0n) is 21.2. The minimum Gasteiger partial charge on any atom is -0.489 e. The van der Waals surface area contributed by atoms with Crippen LogP contribution in [0.25, 0.3) is 17.0 Å². The van der Waals surface area contributed by atoms with Gasteiger partial charge in [-0.3, -0.25) is 5.32 Å². The Balaban J connectivity index is 1.20. The van der Waals surface area contributed by atoms with E-state index in [4.69, 9.17) is 9.15 Å². The van der Waals surface area contributed by atoms with Crippen LogP contribution >= 0.6 is 0 Å². The molecule has 3 heterocycles. The fourth-order valence-corrected chi connectivity index (χ4v) is 6.56. The summed E-state index contributed by atoms with van der Waals surface area (Å²) < 4.78 is 12.5. The molecule has 2 N–H and O–H groups in total. The number of fused-ring (bicyclic) bond motifs is 6. The third-order valence-corrected chi connectivity index (χ3v) is 8.50. The second kappa shape index (κ2) is 8.78. The molecule has 4 aliphatic rings. The van der Waals surface area contributed by atoms with Crippen LogP contribution in [0.4, 0.5) is 0 Å². The van der Waals surface area contributed by atoms with Crippen LogP contribution in [0.5, 0.6) is 5.75 Å². The first-order valence-electron chi connectivity index (χ1n) is 13.8. The average molecular weight is 499 g/mol. The van der Waals surface area contributed by atoms with Crippen molar-refractivity contribution in [1.82, 2.24) is 10.6 Å². The van der Waals surface area contributed by atoms with Gasteiger partial charge in [-0.05, 0) is 66.3 Å². The van der Waals surface area contributed by atoms with Crippen molar-refractivity contribution in [2.45, 2.75) is 49.9 Å². The molecule has 3 aromatic carbocycles. The van der Waals surface area contributed by atoms with Gasteiger partial charge in [-0.1, -0.05) is 66.7 Å². The van der Waals surface area contributed by atoms with Gasteiger partial charge in [0.2, 0.25) is 0 Å². The average Bonchev–Trinajstić information content (AvgIpc) is 3.55. The lowest BCUT2D eigenvalue weighted by atomic mass is 9.86. The van der Waals surface area contributed by atoms with Gasteiger partial charge >= 0.3 is 0 Å². The van der Waals surface area contributed by atoms with Gasteiger partial charge in [-0.25, -0.2) is 0 Å². The van der Waals surface area contributed by atoms with Crippen molar-refractivity contribution in [3.05, 3.63) is 130 Å². The van der Waals surface area contributed by atoms with Crippen LogP contribution in [0.2, 0.25) is 0 Å². The fourth-order valence-electron chi connectivity index (χ4n) is 6.56. The molecule has 2 aliphatic carbocycles. The van der Waals surface area contributed by atoms with E-state index in [9.17, 15) is 0 Å². The first-order valence-corrected chi connectivity index (χ1v) is 13.8. The van der Waals surface area contributed by atoms with E-state index >= 15 is 0 Å². The number of hydrogen-bond acceptors (Lipinski definition) is 4. The zero-order valence-corrected chi connectivity index (χ0v) is 21.2. The third kappa shape index (κ3) is 3.63. The Morgan fingerprint density at radius 1 is 0.868 bits per heavy atom. The van der Waals surface area contributed by atoms with Crippen LogP contribution in [0.15, 0.2) is 107 Å². The smallest absolute Gasteiger partial charge is 0.134 e. The van der Waals surface area contributed by atoms with Crippen molar-refractivity contribution in [2.75, 3.05) is 0 Å². The van der Waals surface area contributed by atoms with E-state index in [0.29, 0.717) is 5.92 Å². The Morgan fingerprint density at radius 2 is 1.76 bits per heavy atom. The molecule has 0 radical (unpaired) electrons. The summed E-state index contributed by atoms with van der Waals surface area (Å²) in [6.45, 7) is 0. The molecule has 2 aliphatic heterocycles. The van der Waals surface area contributed by atoms with E-state index in [1.54, 1.807) is 0 Å². The number of hydrogen-bond donors (Lipinski definition) is 2. The van der Waals surface area contributed by atoms with Crippen molar-refractivity contribution in [2.24, 2.45) is 0 Å². The van der Waals surface area contributed by atoms with Crippen molar-refractivity contribution >= 4 is 17.0 Å². The zero-order chi connectivity index (χ0) is 25.1. The highest BCUT2D eigenvalue weighted by atomic mass is 16.5. The summed E-state index contributed by atoms with van der Waals surface area (Å²) in [6, 6.07) is 25.9. The van der Waals surface area contributed by atoms with E-state index in [-0.39, 0.29) is 18.3 Å². The molecule has 4 heteroatoms. The van der Waals surface area contributed by atoms with Gasteiger partial charge in [0.05, 0.1) is 6.04 Å². The molecular weight excluding hydrogens is 468 g/mol. The van der Waals surface area contributed by atoms with E-state index < -0.39 is 0 Å². The minimum atomic E-state index is 0.0106. The lowest BCUT2D eigenvalue weighted by molar-refractivity contribution is 0.204. The lowest BCUT2D eigenvalue weighted by Crippen LogP contribution is -2.40. The van der Waals surface area contributed by atoms with Crippen LogP contribution in [0.3, 0.4) is 0 Å². The Labute approximate surface area is 222 Å². The summed E-state index contributed by atoms with van der Waals surface area (Å²) in [5.41, 5.74) is 8.55. The molecule has 0 bridgehead atoms. The van der Waals surface area contributed by atoms with Gasteiger partial charge < -0.3 is 14.5 Å². The Morgan fingerprint density at radius 3 is 2.71 bits per heavy atom. The van der Waals surface area contributed by atoms with Gasteiger partial charge in [0.15, 0.2) is 0 Å². The van der Waals surface area contributed by atoms with E-state index in [0.717, 1.165) is 42.8 Å². The van der Waals surface area contributed by atoms with Crippen molar-refractivity contribution < 1.29 is 9.15 Å². The molecule has 0 fully saturated rings. The number of allylic oxidation sites excluding steroid dienone is 2. The summed E-state index contributed by atoms with van der Waals surface area (Å²) in [7, 11) is 0. The molecule has 8 rings (SSSR count).